The second-order valence-corrected chi connectivity index (χ2v) is 7.83. The summed E-state index contributed by atoms with van der Waals surface area (Å²) in [7, 11) is 0. The summed E-state index contributed by atoms with van der Waals surface area (Å²) >= 11 is 1.59. The van der Waals surface area contributed by atoms with E-state index in [2.05, 4.69) is 31.6 Å². The molecule has 1 saturated carbocycles. The van der Waals surface area contributed by atoms with Gasteiger partial charge < -0.3 is 5.32 Å². The molecule has 2 aromatic rings. The minimum Gasteiger partial charge on any atom is -0.335 e. The summed E-state index contributed by atoms with van der Waals surface area (Å²) in [5.74, 6) is 0. The fourth-order valence-electron chi connectivity index (χ4n) is 3.55. The predicted molar refractivity (Wildman–Crippen MR) is 98.6 cm³/mol. The summed E-state index contributed by atoms with van der Waals surface area (Å²) in [6.07, 6.45) is 7.35. The number of amides is 2. The van der Waals surface area contributed by atoms with E-state index in [1.807, 2.05) is 18.3 Å². The van der Waals surface area contributed by atoms with Gasteiger partial charge >= 0.3 is 6.03 Å². The lowest BCUT2D eigenvalue weighted by molar-refractivity contribution is 0.244. The lowest BCUT2D eigenvalue weighted by Gasteiger charge is -2.25. The molecule has 3 heterocycles. The summed E-state index contributed by atoms with van der Waals surface area (Å²) in [4.78, 5) is 24.8. The molecule has 1 aliphatic carbocycles. The number of carbonyl (C=O) groups is 1. The standard InChI is InChI=1S/C18H23N5OS/c24-17(20-13-5-1-2-6-13)22-18-21-15-8-10-23(12-16(15)25-18)11-14-7-3-4-9-19-14/h3-4,7,9,13H,1-2,5-6,8,10-12H2,(H2,20,21,22,24). The van der Waals surface area contributed by atoms with Gasteiger partial charge in [-0.3, -0.25) is 15.2 Å². The number of fused-ring (bicyclic) bond motifs is 1. The van der Waals surface area contributed by atoms with E-state index in [0.29, 0.717) is 11.2 Å². The molecule has 7 heteroatoms. The van der Waals surface area contributed by atoms with Gasteiger partial charge in [0.2, 0.25) is 0 Å². The Balaban J connectivity index is 1.34. The van der Waals surface area contributed by atoms with Crippen LogP contribution >= 0.6 is 11.3 Å². The van der Waals surface area contributed by atoms with Crippen molar-refractivity contribution in [3.63, 3.8) is 0 Å². The monoisotopic (exact) mass is 357 g/mol. The molecule has 1 fully saturated rings. The van der Waals surface area contributed by atoms with Gasteiger partial charge in [-0.05, 0) is 25.0 Å². The second kappa shape index (κ2) is 7.49. The average molecular weight is 357 g/mol. The van der Waals surface area contributed by atoms with E-state index in [-0.39, 0.29) is 6.03 Å². The van der Waals surface area contributed by atoms with Crippen LogP contribution in [0, 0.1) is 0 Å². The highest BCUT2D eigenvalue weighted by Crippen LogP contribution is 2.29. The van der Waals surface area contributed by atoms with E-state index in [0.717, 1.165) is 50.3 Å². The summed E-state index contributed by atoms with van der Waals surface area (Å²) < 4.78 is 0. The van der Waals surface area contributed by atoms with Crippen LogP contribution in [0.3, 0.4) is 0 Å². The lowest BCUT2D eigenvalue weighted by Crippen LogP contribution is -2.36. The molecule has 132 valence electrons. The van der Waals surface area contributed by atoms with Crippen LogP contribution in [0.15, 0.2) is 24.4 Å². The van der Waals surface area contributed by atoms with Gasteiger partial charge in [0.1, 0.15) is 0 Å². The van der Waals surface area contributed by atoms with Crippen molar-refractivity contribution in [3.8, 4) is 0 Å². The molecule has 0 radical (unpaired) electrons. The largest absolute Gasteiger partial charge is 0.335 e. The molecule has 6 nitrogen and oxygen atoms in total. The molecule has 0 aromatic carbocycles. The van der Waals surface area contributed by atoms with Crippen molar-refractivity contribution in [2.24, 2.45) is 0 Å². The van der Waals surface area contributed by atoms with E-state index < -0.39 is 0 Å². The molecule has 2 aromatic heterocycles. The molecular weight excluding hydrogens is 334 g/mol. The normalized spacial score (nSPS) is 18.1. The Hall–Kier alpha value is -1.99. The van der Waals surface area contributed by atoms with Gasteiger partial charge in [-0.15, -0.1) is 11.3 Å². The minimum absolute atomic E-state index is 0.122. The number of hydrogen-bond donors (Lipinski definition) is 2. The number of nitrogens with zero attached hydrogens (tertiary/aromatic N) is 3. The zero-order valence-electron chi connectivity index (χ0n) is 14.2. The van der Waals surface area contributed by atoms with Crippen LogP contribution in [0.5, 0.6) is 0 Å². The number of nitrogens with one attached hydrogen (secondary N) is 2. The highest BCUT2D eigenvalue weighted by atomic mass is 32.1. The molecule has 0 saturated heterocycles. The molecule has 25 heavy (non-hydrogen) atoms. The van der Waals surface area contributed by atoms with Crippen LogP contribution in [0.2, 0.25) is 0 Å². The van der Waals surface area contributed by atoms with Gasteiger partial charge in [0.25, 0.3) is 0 Å². The van der Waals surface area contributed by atoms with Crippen molar-refractivity contribution in [1.29, 1.82) is 0 Å². The number of pyridine rings is 1. The third-order valence-electron chi connectivity index (χ3n) is 4.83. The van der Waals surface area contributed by atoms with Crippen LogP contribution in [0.1, 0.15) is 41.9 Å². The molecule has 0 atom stereocenters. The summed E-state index contributed by atoms with van der Waals surface area (Å²) in [6, 6.07) is 6.22. The first-order chi connectivity index (χ1) is 12.3. The molecule has 1 aliphatic heterocycles. The van der Waals surface area contributed by atoms with Gasteiger partial charge in [0.15, 0.2) is 5.13 Å². The Kier molecular flexibility index (Phi) is 4.94. The first-order valence-corrected chi connectivity index (χ1v) is 9.76. The highest BCUT2D eigenvalue weighted by Gasteiger charge is 2.22. The zero-order chi connectivity index (χ0) is 17.1. The van der Waals surface area contributed by atoms with Gasteiger partial charge in [0, 0.05) is 43.2 Å². The second-order valence-electron chi connectivity index (χ2n) is 6.75. The maximum absolute atomic E-state index is 12.1. The lowest BCUT2D eigenvalue weighted by atomic mass is 10.1. The first kappa shape index (κ1) is 16.5. The maximum Gasteiger partial charge on any atom is 0.321 e. The summed E-state index contributed by atoms with van der Waals surface area (Å²) in [5.41, 5.74) is 2.21. The fraction of sp³-hybridized carbons (Fsp3) is 0.500. The average Bonchev–Trinajstić information content (AvgIpc) is 3.24. The van der Waals surface area contributed by atoms with E-state index in [1.165, 1.54) is 17.7 Å². The summed E-state index contributed by atoms with van der Waals surface area (Å²) in [5, 5.41) is 6.67. The molecule has 2 aliphatic rings. The van der Waals surface area contributed by atoms with Crippen molar-refractivity contribution in [2.45, 2.75) is 51.2 Å². The SMILES string of the molecule is O=C(Nc1nc2c(s1)CN(Cc1ccccn1)CC2)NC1CCCC1. The molecule has 0 bridgehead atoms. The van der Waals surface area contributed by atoms with Gasteiger partial charge in [-0.2, -0.15) is 0 Å². The van der Waals surface area contributed by atoms with Crippen molar-refractivity contribution in [1.82, 2.24) is 20.2 Å². The Morgan fingerprint density at radius 2 is 2.20 bits per heavy atom. The Morgan fingerprint density at radius 3 is 3.00 bits per heavy atom. The molecular formula is C18H23N5OS. The number of aromatic nitrogens is 2. The molecule has 0 spiro atoms. The number of urea groups is 1. The maximum atomic E-state index is 12.1. The van der Waals surface area contributed by atoms with Crippen LogP contribution in [0.25, 0.3) is 0 Å². The van der Waals surface area contributed by atoms with Crippen LogP contribution in [0.4, 0.5) is 9.93 Å². The predicted octanol–water partition coefficient (Wildman–Crippen LogP) is 3.16. The number of rotatable bonds is 4. The van der Waals surface area contributed by atoms with Gasteiger partial charge in [0.05, 0.1) is 11.4 Å². The number of hydrogen-bond acceptors (Lipinski definition) is 5. The first-order valence-electron chi connectivity index (χ1n) is 8.94. The van der Waals surface area contributed by atoms with Crippen LogP contribution < -0.4 is 10.6 Å². The molecule has 4 rings (SSSR count). The fourth-order valence-corrected chi connectivity index (χ4v) is 4.59. The zero-order valence-corrected chi connectivity index (χ0v) is 15.0. The third-order valence-corrected chi connectivity index (χ3v) is 5.83. The third kappa shape index (κ3) is 4.16. The Morgan fingerprint density at radius 1 is 1.32 bits per heavy atom. The summed E-state index contributed by atoms with van der Waals surface area (Å²) in [6.45, 7) is 2.69. The number of carbonyl (C=O) groups excluding carboxylic acids is 1. The highest BCUT2D eigenvalue weighted by molar-refractivity contribution is 7.15. The van der Waals surface area contributed by atoms with Crippen molar-refractivity contribution in [3.05, 3.63) is 40.7 Å². The Labute approximate surface area is 151 Å². The van der Waals surface area contributed by atoms with Gasteiger partial charge in [-0.1, -0.05) is 18.9 Å². The van der Waals surface area contributed by atoms with Crippen molar-refractivity contribution >= 4 is 22.5 Å². The van der Waals surface area contributed by atoms with E-state index >= 15 is 0 Å². The van der Waals surface area contributed by atoms with Crippen molar-refractivity contribution in [2.75, 3.05) is 11.9 Å². The Bertz CT molecular complexity index is 726. The van der Waals surface area contributed by atoms with Crippen LogP contribution in [-0.4, -0.2) is 33.5 Å². The molecule has 2 amide bonds. The van der Waals surface area contributed by atoms with E-state index in [9.17, 15) is 4.79 Å². The topological polar surface area (TPSA) is 70.2 Å². The number of anilines is 1. The number of thiazole rings is 1. The quantitative estimate of drug-likeness (QED) is 0.882. The molecule has 2 N–H and O–H groups in total. The van der Waals surface area contributed by atoms with Gasteiger partial charge in [-0.25, -0.2) is 9.78 Å². The molecule has 0 unspecified atom stereocenters. The van der Waals surface area contributed by atoms with E-state index in [4.69, 9.17) is 0 Å². The van der Waals surface area contributed by atoms with Crippen molar-refractivity contribution < 1.29 is 4.79 Å². The van der Waals surface area contributed by atoms with Crippen LogP contribution in [-0.2, 0) is 19.5 Å². The minimum atomic E-state index is -0.122. The smallest absolute Gasteiger partial charge is 0.321 e. The van der Waals surface area contributed by atoms with E-state index in [1.54, 1.807) is 11.3 Å².